The molecule has 90 heavy (non-hydrogen) atoms. The van der Waals surface area contributed by atoms with E-state index in [0.29, 0.717) is 32.4 Å². The van der Waals surface area contributed by atoms with Crippen LogP contribution in [0, 0.1) is 0 Å². The number of hydrogen-bond donors (Lipinski definition) is 3. The minimum atomic E-state index is -1.09. The third-order valence-corrected chi connectivity index (χ3v) is 19.6. The molecule has 2 aliphatic heterocycles. The molecule has 1 fully saturated rings. The lowest BCUT2D eigenvalue weighted by Gasteiger charge is -2.49. The van der Waals surface area contributed by atoms with Crippen molar-refractivity contribution < 1.29 is 24.0 Å². The molecule has 11 aromatic rings. The molecule has 16 nitrogen and oxygen atoms in total. The van der Waals surface area contributed by atoms with Gasteiger partial charge in [-0.3, -0.25) is 14.5 Å². The highest BCUT2D eigenvalue weighted by atomic mass is 32.2. The van der Waals surface area contributed by atoms with Crippen molar-refractivity contribution in [3.8, 4) is 0 Å². The van der Waals surface area contributed by atoms with Crippen LogP contribution in [0.25, 0.3) is 0 Å². The van der Waals surface area contributed by atoms with Gasteiger partial charge in [0.2, 0.25) is 5.16 Å². The average Bonchev–Trinajstić information content (AvgIpc) is 0.826. The van der Waals surface area contributed by atoms with Gasteiger partial charge in [-0.1, -0.05) is 260 Å². The van der Waals surface area contributed by atoms with Gasteiger partial charge in [0.05, 0.1) is 5.69 Å². The predicted molar refractivity (Wildman–Crippen MR) is 354 cm³/mol. The Morgan fingerprint density at radius 2 is 1.07 bits per heavy atom. The van der Waals surface area contributed by atoms with E-state index in [1.807, 2.05) is 175 Å². The number of tetrazole rings is 1. The number of anilines is 2. The van der Waals surface area contributed by atoms with E-state index in [2.05, 4.69) is 109 Å². The number of fused-ring (bicyclic) bond motifs is 1. The zero-order chi connectivity index (χ0) is 61.3. The molecule has 20 heteroatoms. The minimum absolute atomic E-state index is 0.102. The molecule has 5 heterocycles. The summed E-state index contributed by atoms with van der Waals surface area (Å²) in [6.45, 7) is -0.124. The van der Waals surface area contributed by atoms with Crippen LogP contribution >= 0.6 is 46.2 Å². The maximum atomic E-state index is 15.2. The van der Waals surface area contributed by atoms with Gasteiger partial charge in [0.25, 0.3) is 11.8 Å². The number of ether oxygens (including phenoxy) is 1. The van der Waals surface area contributed by atoms with Crippen molar-refractivity contribution in [2.24, 2.45) is 12.2 Å². The smallest absolute Gasteiger partial charge is 0.356 e. The van der Waals surface area contributed by atoms with Gasteiger partial charge in [-0.25, -0.2) is 19.4 Å². The fraction of sp³-hybridized carbons (Fsp3) is 0.129. The first kappa shape index (κ1) is 59.0. The number of hydrogen-bond acceptors (Lipinski definition) is 17. The van der Waals surface area contributed by atoms with Gasteiger partial charge in [-0.05, 0) is 60.5 Å². The number of thiazole rings is 2. The summed E-state index contributed by atoms with van der Waals surface area (Å²) in [4.78, 5) is 62.8. The first-order valence-electron chi connectivity index (χ1n) is 28.9. The molecule has 0 radical (unpaired) electrons. The molecule has 0 aliphatic carbocycles. The van der Waals surface area contributed by atoms with Crippen molar-refractivity contribution in [2.45, 2.75) is 40.4 Å². The Labute approximate surface area is 536 Å². The largest absolute Gasteiger partial charge is 0.448 e. The molecule has 0 saturated carbocycles. The molecule has 13 rings (SSSR count). The zero-order valence-corrected chi connectivity index (χ0v) is 51.6. The summed E-state index contributed by atoms with van der Waals surface area (Å²) < 4.78 is 8.00. The van der Waals surface area contributed by atoms with Gasteiger partial charge in [0, 0.05) is 29.3 Å². The second kappa shape index (κ2) is 26.8. The van der Waals surface area contributed by atoms with E-state index in [1.165, 1.54) is 51.1 Å². The number of carbonyl (C=O) groups is 3. The molecule has 3 N–H and O–H groups in total. The Balaban J connectivity index is 0.825. The van der Waals surface area contributed by atoms with Crippen molar-refractivity contribution >= 4 is 80.0 Å². The van der Waals surface area contributed by atoms with Gasteiger partial charge in [0.15, 0.2) is 28.7 Å². The SMILES string of the molecule is Cn1nnnc1SCC1=C(C(=O)OC(c2ccccc2)c2ccccc2)N2C(=O)C(NC(=O)/C(=N\OCc3csc(NC(c4ccccc4)(c4ccccc4)c4ccccc4)n3)c3csc(NC(c4ccccc4)(c4ccccc4)c4ccccc4)n3)[C@@H]2SC1. The normalized spacial score (nSPS) is 15.0. The number of oxime groups is 1. The summed E-state index contributed by atoms with van der Waals surface area (Å²) in [5.41, 5.74) is 6.96. The third kappa shape index (κ3) is 12.0. The second-order valence-electron chi connectivity index (χ2n) is 21.1. The first-order chi connectivity index (χ1) is 44.3. The van der Waals surface area contributed by atoms with Gasteiger partial charge >= 0.3 is 5.97 Å². The van der Waals surface area contributed by atoms with Gasteiger partial charge in [-0.15, -0.1) is 39.5 Å². The van der Waals surface area contributed by atoms with Crippen molar-refractivity contribution in [1.82, 2.24) is 40.4 Å². The molecule has 2 aliphatic rings. The molecular formula is C70H57N11O5S4. The standard InChI is InChI=1S/C70H57N11O5S4/c1-80-68(76-78-79-80)90-44-49-43-87-64-59(63(83)81(64)60(49)65(84)86-61(47-26-10-2-11-27-47)48-28-12-3-13-29-48)73-62(82)58(57-46-89-67(72-57)75-70(53-36-20-7-21-37-53,54-38-22-8-23-39-54)55-40-24-9-25-41-55)77-85-42-56-45-88-66(71-56)74-69(50-30-14-4-15-31-50,51-32-16-5-17-33-51)52-34-18-6-19-35-52/h2-41,45-46,59,61,64H,42-44H2,1H3,(H,71,74)(H,72,75)(H,73,82)/b77-58-/t59?,64-/m0/s1. The topological polar surface area (TPSA) is 191 Å². The molecule has 446 valence electrons. The van der Waals surface area contributed by atoms with Crippen LogP contribution in [0.4, 0.5) is 10.3 Å². The van der Waals surface area contributed by atoms with E-state index in [4.69, 9.17) is 19.5 Å². The van der Waals surface area contributed by atoms with E-state index in [-0.39, 0.29) is 29.5 Å². The fourth-order valence-corrected chi connectivity index (χ4v) is 15.2. The van der Waals surface area contributed by atoms with Crippen molar-refractivity contribution in [1.29, 1.82) is 0 Å². The lowest BCUT2D eigenvalue weighted by Crippen LogP contribution is -2.71. The van der Waals surface area contributed by atoms with Gasteiger partial charge in [0.1, 0.15) is 33.9 Å². The summed E-state index contributed by atoms with van der Waals surface area (Å²) in [5.74, 6) is -1.31. The van der Waals surface area contributed by atoms with Crippen LogP contribution in [0.3, 0.4) is 0 Å². The molecule has 3 aromatic heterocycles. The number of aryl methyl sites for hydroxylation is 1. The van der Waals surface area contributed by atoms with E-state index in [0.717, 1.165) is 44.5 Å². The van der Waals surface area contributed by atoms with Crippen LogP contribution in [0.1, 0.15) is 62.0 Å². The van der Waals surface area contributed by atoms with Crippen molar-refractivity contribution in [3.63, 3.8) is 0 Å². The number of thioether (sulfide) groups is 2. The molecular weight excluding hydrogens is 1200 g/mol. The highest BCUT2D eigenvalue weighted by Crippen LogP contribution is 2.45. The fourth-order valence-electron chi connectivity index (χ4n) is 11.4. The Bertz CT molecular complexity index is 4090. The second-order valence-corrected chi connectivity index (χ2v) is 24.9. The number of rotatable bonds is 23. The molecule has 2 amide bonds. The van der Waals surface area contributed by atoms with Crippen LogP contribution in [0.2, 0.25) is 0 Å². The molecule has 1 unspecified atom stereocenters. The highest BCUT2D eigenvalue weighted by molar-refractivity contribution is 8.01. The number of β-lactam (4-membered cyclic amide) rings is 1. The Hall–Kier alpha value is -9.99. The van der Waals surface area contributed by atoms with Gasteiger partial charge in [-0.2, -0.15) is 0 Å². The average molecular weight is 1260 g/mol. The number of benzene rings is 8. The first-order valence-corrected chi connectivity index (χ1v) is 32.7. The van der Waals surface area contributed by atoms with Gasteiger partial charge < -0.3 is 25.5 Å². The Morgan fingerprint density at radius 1 is 0.622 bits per heavy atom. The monoisotopic (exact) mass is 1260 g/mol. The number of nitrogens with zero attached hydrogens (tertiary/aromatic N) is 8. The van der Waals surface area contributed by atoms with Crippen LogP contribution < -0.4 is 16.0 Å². The molecule has 1 saturated heterocycles. The summed E-state index contributed by atoms with van der Waals surface area (Å²) in [6, 6.07) is 79.0. The number of esters is 1. The maximum Gasteiger partial charge on any atom is 0.356 e. The lowest BCUT2D eigenvalue weighted by atomic mass is 9.77. The van der Waals surface area contributed by atoms with E-state index < -0.39 is 46.4 Å². The van der Waals surface area contributed by atoms with Crippen LogP contribution in [0.15, 0.2) is 275 Å². The summed E-state index contributed by atoms with van der Waals surface area (Å²) in [7, 11) is 1.73. The van der Waals surface area contributed by atoms with Crippen LogP contribution in [-0.4, -0.2) is 81.5 Å². The van der Waals surface area contributed by atoms with E-state index in [1.54, 1.807) is 17.1 Å². The molecule has 2 atom stereocenters. The zero-order valence-electron chi connectivity index (χ0n) is 48.4. The van der Waals surface area contributed by atoms with Crippen molar-refractivity contribution in [2.75, 3.05) is 22.1 Å². The highest BCUT2D eigenvalue weighted by Gasteiger charge is 2.55. The predicted octanol–water partition coefficient (Wildman–Crippen LogP) is 12.6. The summed E-state index contributed by atoms with van der Waals surface area (Å²) >= 11 is 5.47. The van der Waals surface area contributed by atoms with E-state index in [9.17, 15) is 9.59 Å². The van der Waals surface area contributed by atoms with Crippen LogP contribution in [0.5, 0.6) is 0 Å². The number of carbonyl (C=O) groups excluding carboxylic acids is 3. The number of nitrogens with one attached hydrogen (secondary N) is 3. The summed E-state index contributed by atoms with van der Waals surface area (Å²) in [5, 5.41) is 31.7. The quantitative estimate of drug-likeness (QED) is 0.0137. The van der Waals surface area contributed by atoms with Crippen LogP contribution in [-0.2, 0) is 48.7 Å². The van der Waals surface area contributed by atoms with Crippen molar-refractivity contribution in [3.05, 3.63) is 321 Å². The summed E-state index contributed by atoms with van der Waals surface area (Å²) in [6.07, 6.45) is -0.794. The number of amides is 2. The molecule has 0 spiro atoms. The maximum absolute atomic E-state index is 15.2. The third-order valence-electron chi connectivity index (χ3n) is 15.6. The Morgan fingerprint density at radius 3 is 1.52 bits per heavy atom. The molecule has 0 bridgehead atoms. The number of aromatic nitrogens is 6. The lowest BCUT2D eigenvalue weighted by molar-refractivity contribution is -0.154. The minimum Gasteiger partial charge on any atom is -0.448 e. The Kier molecular flexibility index (Phi) is 17.6. The van der Waals surface area contributed by atoms with E-state index >= 15 is 4.79 Å². The molecule has 8 aromatic carbocycles.